The molecule has 0 bridgehead atoms. The van der Waals surface area contributed by atoms with Gasteiger partial charge < -0.3 is 24.7 Å². The summed E-state index contributed by atoms with van der Waals surface area (Å²) in [6, 6.07) is 20.9. The Morgan fingerprint density at radius 3 is 2.54 bits per heavy atom. The summed E-state index contributed by atoms with van der Waals surface area (Å²) in [5.74, 6) is 0.618. The third-order valence-electron chi connectivity index (χ3n) is 8.61. The van der Waals surface area contributed by atoms with Gasteiger partial charge in [0.25, 0.3) is 5.91 Å². The van der Waals surface area contributed by atoms with Crippen LogP contribution in [0.5, 0.6) is 10.8 Å². The van der Waals surface area contributed by atoms with E-state index in [2.05, 4.69) is 55.7 Å². The third-order valence-corrected chi connectivity index (χ3v) is 9.40. The molecular formula is C38H42N6O5S. The van der Waals surface area contributed by atoms with Crippen LogP contribution in [0.4, 0.5) is 15.6 Å². The summed E-state index contributed by atoms with van der Waals surface area (Å²) < 4.78 is 13.6. The van der Waals surface area contributed by atoms with Gasteiger partial charge in [-0.25, -0.2) is 9.78 Å². The van der Waals surface area contributed by atoms with Gasteiger partial charge >= 0.3 is 6.03 Å². The lowest BCUT2D eigenvalue weighted by Gasteiger charge is -2.25. The molecule has 3 amide bonds. The van der Waals surface area contributed by atoms with Crippen LogP contribution in [0.3, 0.4) is 0 Å². The average Bonchev–Trinajstić information content (AvgIpc) is 3.73. The SMILES string of the molecule is CCCCCNC(=O)Nc1ccc(Oc2cnc(NC(=O)c3ccc(-n4cc(CN5CCC(=O)CC5)c5ccccc54)cc3)s2)c(COC)c1. The molecule has 5 aromatic rings. The Morgan fingerprint density at radius 2 is 1.76 bits per heavy atom. The molecule has 3 aromatic carbocycles. The van der Waals surface area contributed by atoms with Gasteiger partial charge in [0.05, 0.1) is 18.3 Å². The van der Waals surface area contributed by atoms with Crippen LogP contribution < -0.4 is 20.7 Å². The van der Waals surface area contributed by atoms with Crippen molar-refractivity contribution in [1.82, 2.24) is 19.8 Å². The van der Waals surface area contributed by atoms with Crippen LogP contribution >= 0.6 is 11.3 Å². The van der Waals surface area contributed by atoms with E-state index in [4.69, 9.17) is 9.47 Å². The number of anilines is 2. The predicted octanol–water partition coefficient (Wildman–Crippen LogP) is 7.75. The van der Waals surface area contributed by atoms with Crippen molar-refractivity contribution in [3.05, 3.63) is 95.8 Å². The van der Waals surface area contributed by atoms with Gasteiger partial charge in [0.1, 0.15) is 11.5 Å². The number of nitrogens with one attached hydrogen (secondary N) is 3. The number of ketones is 1. The molecule has 1 saturated heterocycles. The molecule has 0 aliphatic carbocycles. The maximum Gasteiger partial charge on any atom is 0.319 e. The molecular weight excluding hydrogens is 653 g/mol. The molecule has 3 N–H and O–H groups in total. The largest absolute Gasteiger partial charge is 0.445 e. The highest BCUT2D eigenvalue weighted by atomic mass is 32.1. The highest BCUT2D eigenvalue weighted by Gasteiger charge is 2.19. The van der Waals surface area contributed by atoms with E-state index in [1.54, 1.807) is 37.6 Å². The molecule has 2 aromatic heterocycles. The number of rotatable bonds is 14. The molecule has 1 aliphatic rings. The molecule has 3 heterocycles. The van der Waals surface area contributed by atoms with Crippen LogP contribution in [0.1, 0.15) is 60.5 Å². The number of para-hydroxylation sites is 1. The van der Waals surface area contributed by atoms with Crippen LogP contribution in [0.15, 0.2) is 79.1 Å². The molecule has 11 nitrogen and oxygen atoms in total. The zero-order chi connectivity index (χ0) is 34.9. The van der Waals surface area contributed by atoms with Crippen LogP contribution in [0.2, 0.25) is 0 Å². The first-order valence-electron chi connectivity index (χ1n) is 17.0. The quantitative estimate of drug-likeness (QED) is 0.101. The Bertz CT molecular complexity index is 1940. The molecule has 0 unspecified atom stereocenters. The topological polar surface area (TPSA) is 127 Å². The number of nitrogens with zero attached hydrogens (tertiary/aromatic N) is 3. The molecule has 50 heavy (non-hydrogen) atoms. The summed E-state index contributed by atoms with van der Waals surface area (Å²) in [6.07, 6.45) is 8.04. The first kappa shape index (κ1) is 34.8. The van der Waals surface area contributed by atoms with E-state index in [0.29, 0.717) is 52.4 Å². The number of ether oxygens (including phenoxy) is 2. The van der Waals surface area contributed by atoms with Crippen LogP contribution in [0.25, 0.3) is 16.6 Å². The first-order chi connectivity index (χ1) is 24.4. The normalized spacial score (nSPS) is 13.4. The number of urea groups is 1. The molecule has 0 radical (unpaired) electrons. The molecule has 260 valence electrons. The minimum atomic E-state index is -0.279. The van der Waals surface area contributed by atoms with Crippen molar-refractivity contribution < 1.29 is 23.9 Å². The average molecular weight is 695 g/mol. The van der Waals surface area contributed by atoms with Crippen LogP contribution in [-0.4, -0.2) is 58.9 Å². The highest BCUT2D eigenvalue weighted by molar-refractivity contribution is 7.17. The van der Waals surface area contributed by atoms with Crippen molar-refractivity contribution >= 4 is 50.8 Å². The number of fused-ring (bicyclic) bond motifs is 1. The van der Waals surface area contributed by atoms with Gasteiger partial charge in [-0.2, -0.15) is 0 Å². The Labute approximate surface area is 295 Å². The van der Waals surface area contributed by atoms with Crippen molar-refractivity contribution in [2.75, 3.05) is 37.4 Å². The summed E-state index contributed by atoms with van der Waals surface area (Å²) in [7, 11) is 1.59. The summed E-state index contributed by atoms with van der Waals surface area (Å²) in [5, 5.41) is 10.7. The number of benzene rings is 3. The van der Waals surface area contributed by atoms with E-state index in [1.807, 2.05) is 30.3 Å². The zero-order valence-electron chi connectivity index (χ0n) is 28.4. The number of unbranched alkanes of at least 4 members (excludes halogenated alkanes) is 2. The molecule has 12 heteroatoms. The number of methoxy groups -OCH3 is 1. The van der Waals surface area contributed by atoms with Gasteiger partial charge in [0.15, 0.2) is 5.13 Å². The number of carbonyl (C=O) groups is 3. The van der Waals surface area contributed by atoms with E-state index in [9.17, 15) is 14.4 Å². The van der Waals surface area contributed by atoms with Gasteiger partial charge in [-0.1, -0.05) is 49.3 Å². The predicted molar refractivity (Wildman–Crippen MR) is 197 cm³/mol. The number of Topliss-reactive ketones (excluding diaryl/α,β-unsaturated/α-hetero) is 1. The first-order valence-corrected chi connectivity index (χ1v) is 17.8. The molecule has 6 rings (SSSR count). The van der Waals surface area contributed by atoms with E-state index in [-0.39, 0.29) is 18.5 Å². The lowest BCUT2D eigenvalue weighted by Crippen LogP contribution is -2.33. The second-order valence-electron chi connectivity index (χ2n) is 12.3. The maximum absolute atomic E-state index is 13.2. The number of amides is 3. The van der Waals surface area contributed by atoms with Crippen molar-refractivity contribution in [2.45, 2.75) is 52.2 Å². The third kappa shape index (κ3) is 8.75. The highest BCUT2D eigenvalue weighted by Crippen LogP contribution is 2.34. The smallest absolute Gasteiger partial charge is 0.319 e. The van der Waals surface area contributed by atoms with Crippen LogP contribution in [-0.2, 0) is 22.7 Å². The van der Waals surface area contributed by atoms with Gasteiger partial charge in [-0.05, 0) is 60.5 Å². The number of piperidine rings is 1. The van der Waals surface area contributed by atoms with Crippen LogP contribution in [0, 0.1) is 0 Å². The Hall–Kier alpha value is -5.04. The molecule has 1 fully saturated rings. The number of aromatic nitrogens is 2. The summed E-state index contributed by atoms with van der Waals surface area (Å²) in [6.45, 7) is 5.38. The van der Waals surface area contributed by atoms with E-state index >= 15 is 0 Å². The lowest BCUT2D eigenvalue weighted by atomic mass is 10.1. The van der Waals surface area contributed by atoms with Crippen molar-refractivity contribution in [1.29, 1.82) is 0 Å². The fraction of sp³-hybridized carbons (Fsp3) is 0.316. The number of likely N-dealkylation sites (tertiary alicyclic amines) is 1. The lowest BCUT2D eigenvalue weighted by molar-refractivity contribution is -0.121. The Balaban J connectivity index is 1.08. The fourth-order valence-electron chi connectivity index (χ4n) is 5.98. The number of thiazole rings is 1. The minimum absolute atomic E-state index is 0.258. The van der Waals surface area contributed by atoms with Crippen molar-refractivity contribution in [3.63, 3.8) is 0 Å². The molecule has 0 saturated carbocycles. The van der Waals surface area contributed by atoms with E-state index < -0.39 is 0 Å². The second-order valence-corrected chi connectivity index (χ2v) is 13.3. The summed E-state index contributed by atoms with van der Waals surface area (Å²) >= 11 is 1.21. The standard InChI is InChI=1S/C38H42N6O5S/c1-3-4-7-18-39-37(47)41-29-12-15-34(27(21-29)25-48-2)49-35-22-40-38(50-35)42-36(46)26-10-13-30(14-11-26)44-24-28(32-8-5-6-9-33(32)44)23-43-19-16-31(45)17-20-43/h5-6,8-15,21-22,24H,3-4,7,16-20,23,25H2,1-2H3,(H2,39,41,47)(H,40,42,46). The van der Waals surface area contributed by atoms with Gasteiger partial charge in [-0.3, -0.25) is 19.8 Å². The molecule has 1 aliphatic heterocycles. The van der Waals surface area contributed by atoms with Gasteiger partial charge in [0, 0.05) is 80.2 Å². The van der Waals surface area contributed by atoms with Crippen molar-refractivity contribution in [3.8, 4) is 16.5 Å². The Morgan fingerprint density at radius 1 is 0.960 bits per heavy atom. The molecule has 0 spiro atoms. The van der Waals surface area contributed by atoms with Gasteiger partial charge in [0.2, 0.25) is 5.06 Å². The monoisotopic (exact) mass is 694 g/mol. The van der Waals surface area contributed by atoms with Gasteiger partial charge in [-0.15, -0.1) is 0 Å². The number of hydrogen-bond acceptors (Lipinski definition) is 8. The second kappa shape index (κ2) is 16.6. The van der Waals surface area contributed by atoms with Crippen molar-refractivity contribution in [2.24, 2.45) is 0 Å². The van der Waals surface area contributed by atoms with E-state index in [0.717, 1.165) is 55.7 Å². The molecule has 0 atom stereocenters. The minimum Gasteiger partial charge on any atom is -0.445 e. The summed E-state index contributed by atoms with van der Waals surface area (Å²) in [5.41, 5.74) is 5.12. The fourth-order valence-corrected chi connectivity index (χ4v) is 6.66. The maximum atomic E-state index is 13.2. The zero-order valence-corrected chi connectivity index (χ0v) is 29.2. The van der Waals surface area contributed by atoms with E-state index in [1.165, 1.54) is 22.3 Å². The number of hydrogen-bond donors (Lipinski definition) is 3. The Kier molecular flexibility index (Phi) is 11.5. The summed E-state index contributed by atoms with van der Waals surface area (Å²) in [4.78, 5) is 43.9. The number of carbonyl (C=O) groups excluding carboxylic acids is 3.